The van der Waals surface area contributed by atoms with Gasteiger partial charge in [0.25, 0.3) is 0 Å². The van der Waals surface area contributed by atoms with Gasteiger partial charge in [0.2, 0.25) is 0 Å². The fourth-order valence-electron chi connectivity index (χ4n) is 2.37. The molecule has 1 fully saturated rings. The molecule has 100 valence electrons. The number of aliphatic hydroxyl groups is 1. The fourth-order valence-corrected chi connectivity index (χ4v) is 2.37. The fraction of sp³-hybridized carbons (Fsp3) is 0.667. The first-order valence-corrected chi connectivity index (χ1v) is 7.11. The van der Waals surface area contributed by atoms with Crippen LogP contribution in [0.1, 0.15) is 38.3 Å². The predicted octanol–water partition coefficient (Wildman–Crippen LogP) is 2.15. The zero-order chi connectivity index (χ0) is 12.8. The Morgan fingerprint density at radius 1 is 1.44 bits per heavy atom. The number of hydrogen-bond acceptors (Lipinski definition) is 3. The minimum absolute atomic E-state index is 0.208. The summed E-state index contributed by atoms with van der Waals surface area (Å²) in [5.74, 6) is 0.779. The smallest absolute Gasteiger partial charge is 0.0664 e. The van der Waals surface area contributed by atoms with Crippen molar-refractivity contribution < 1.29 is 5.11 Å². The van der Waals surface area contributed by atoms with Crippen LogP contribution >= 0.6 is 0 Å². The molecule has 18 heavy (non-hydrogen) atoms. The summed E-state index contributed by atoms with van der Waals surface area (Å²) >= 11 is 0. The van der Waals surface area contributed by atoms with Crippen molar-refractivity contribution in [3.05, 3.63) is 30.1 Å². The van der Waals surface area contributed by atoms with Gasteiger partial charge in [-0.1, -0.05) is 19.4 Å². The second-order valence-corrected chi connectivity index (χ2v) is 5.32. The van der Waals surface area contributed by atoms with E-state index in [1.165, 1.54) is 12.8 Å². The van der Waals surface area contributed by atoms with Crippen LogP contribution in [-0.4, -0.2) is 28.8 Å². The quantitative estimate of drug-likeness (QED) is 0.741. The van der Waals surface area contributed by atoms with E-state index in [0.717, 1.165) is 30.9 Å². The van der Waals surface area contributed by atoms with Gasteiger partial charge < -0.3 is 10.4 Å². The Kier molecular flexibility index (Phi) is 5.14. The van der Waals surface area contributed by atoms with Crippen LogP contribution in [0.5, 0.6) is 0 Å². The monoisotopic (exact) mass is 248 g/mol. The van der Waals surface area contributed by atoms with E-state index in [1.807, 2.05) is 18.3 Å². The Bertz CT molecular complexity index is 338. The minimum Gasteiger partial charge on any atom is -0.392 e. The van der Waals surface area contributed by atoms with Crippen LogP contribution in [0.15, 0.2) is 24.4 Å². The summed E-state index contributed by atoms with van der Waals surface area (Å²) in [5, 5.41) is 13.3. The molecule has 2 N–H and O–H groups in total. The highest BCUT2D eigenvalue weighted by Gasteiger charge is 2.31. The molecular weight excluding hydrogens is 224 g/mol. The SMILES string of the molecule is CCCC(O)CNC(Cc1ccccn1)C1CC1. The van der Waals surface area contributed by atoms with Gasteiger partial charge in [-0.15, -0.1) is 0 Å². The van der Waals surface area contributed by atoms with Crippen molar-refractivity contribution in [1.82, 2.24) is 10.3 Å². The second-order valence-electron chi connectivity index (χ2n) is 5.32. The van der Waals surface area contributed by atoms with Gasteiger partial charge >= 0.3 is 0 Å². The molecule has 1 aliphatic rings. The normalized spacial score (nSPS) is 18.6. The number of aliphatic hydroxyl groups excluding tert-OH is 1. The summed E-state index contributed by atoms with van der Waals surface area (Å²) in [4.78, 5) is 4.39. The number of nitrogens with zero attached hydrogens (tertiary/aromatic N) is 1. The third-order valence-corrected chi connectivity index (χ3v) is 3.58. The molecule has 0 amide bonds. The van der Waals surface area contributed by atoms with E-state index in [4.69, 9.17) is 0 Å². The summed E-state index contributed by atoms with van der Waals surface area (Å²) in [6.45, 7) is 2.82. The highest BCUT2D eigenvalue weighted by molar-refractivity contribution is 5.07. The first-order valence-electron chi connectivity index (χ1n) is 7.11. The van der Waals surface area contributed by atoms with Crippen molar-refractivity contribution in [3.8, 4) is 0 Å². The molecule has 0 spiro atoms. The van der Waals surface area contributed by atoms with Crippen molar-refractivity contribution in [3.63, 3.8) is 0 Å². The minimum atomic E-state index is -0.208. The van der Waals surface area contributed by atoms with Crippen LogP contribution in [0.25, 0.3) is 0 Å². The lowest BCUT2D eigenvalue weighted by Crippen LogP contribution is -2.38. The molecular formula is C15H24N2O. The number of hydrogen-bond donors (Lipinski definition) is 2. The lowest BCUT2D eigenvalue weighted by molar-refractivity contribution is 0.154. The molecule has 0 aromatic carbocycles. The van der Waals surface area contributed by atoms with E-state index < -0.39 is 0 Å². The summed E-state index contributed by atoms with van der Waals surface area (Å²) in [6.07, 6.45) is 7.17. The van der Waals surface area contributed by atoms with Crippen molar-refractivity contribution in [1.29, 1.82) is 0 Å². The molecule has 3 heteroatoms. The maximum Gasteiger partial charge on any atom is 0.0664 e. The first kappa shape index (κ1) is 13.5. The zero-order valence-electron chi connectivity index (χ0n) is 11.2. The molecule has 1 aromatic heterocycles. The predicted molar refractivity (Wildman–Crippen MR) is 73.4 cm³/mol. The van der Waals surface area contributed by atoms with Gasteiger partial charge in [0, 0.05) is 30.9 Å². The van der Waals surface area contributed by atoms with Gasteiger partial charge in [-0.25, -0.2) is 0 Å². The maximum absolute atomic E-state index is 9.79. The van der Waals surface area contributed by atoms with Crippen LogP contribution in [0.3, 0.4) is 0 Å². The third kappa shape index (κ3) is 4.39. The van der Waals surface area contributed by atoms with Crippen molar-refractivity contribution in [2.75, 3.05) is 6.54 Å². The van der Waals surface area contributed by atoms with E-state index in [2.05, 4.69) is 23.3 Å². The standard InChI is InChI=1S/C15H24N2O/c1-2-5-14(18)11-17-15(12-7-8-12)10-13-6-3-4-9-16-13/h3-4,6,9,12,14-15,17-18H,2,5,7-8,10-11H2,1H3. The Morgan fingerprint density at radius 2 is 2.28 bits per heavy atom. The van der Waals surface area contributed by atoms with Crippen LogP contribution in [0.4, 0.5) is 0 Å². The molecule has 3 nitrogen and oxygen atoms in total. The molecule has 2 rings (SSSR count). The van der Waals surface area contributed by atoms with Crippen molar-refractivity contribution >= 4 is 0 Å². The summed E-state index contributed by atoms with van der Waals surface area (Å²) < 4.78 is 0. The van der Waals surface area contributed by atoms with Crippen molar-refractivity contribution in [2.24, 2.45) is 5.92 Å². The van der Waals surface area contributed by atoms with Gasteiger partial charge in [0.15, 0.2) is 0 Å². The maximum atomic E-state index is 9.79. The molecule has 0 bridgehead atoms. The molecule has 1 aliphatic carbocycles. The zero-order valence-corrected chi connectivity index (χ0v) is 11.2. The van der Waals surface area contributed by atoms with E-state index in [-0.39, 0.29) is 6.10 Å². The van der Waals surface area contributed by atoms with Crippen LogP contribution in [-0.2, 0) is 6.42 Å². The molecule has 0 saturated heterocycles. The highest BCUT2D eigenvalue weighted by Crippen LogP contribution is 2.33. The lowest BCUT2D eigenvalue weighted by Gasteiger charge is -2.20. The van der Waals surface area contributed by atoms with E-state index in [1.54, 1.807) is 0 Å². The van der Waals surface area contributed by atoms with Crippen LogP contribution in [0, 0.1) is 5.92 Å². The number of nitrogens with one attached hydrogen (secondary N) is 1. The molecule has 0 aliphatic heterocycles. The third-order valence-electron chi connectivity index (χ3n) is 3.58. The molecule has 2 unspecified atom stereocenters. The Balaban J connectivity index is 1.81. The highest BCUT2D eigenvalue weighted by atomic mass is 16.3. The number of aromatic nitrogens is 1. The van der Waals surface area contributed by atoms with Gasteiger partial charge in [0.05, 0.1) is 6.10 Å². The molecule has 0 radical (unpaired) electrons. The van der Waals surface area contributed by atoms with Crippen molar-refractivity contribution in [2.45, 2.75) is 51.2 Å². The number of rotatable bonds is 8. The van der Waals surface area contributed by atoms with Crippen LogP contribution < -0.4 is 5.32 Å². The van der Waals surface area contributed by atoms with Gasteiger partial charge in [-0.2, -0.15) is 0 Å². The Labute approximate surface area is 110 Å². The Morgan fingerprint density at radius 3 is 2.89 bits per heavy atom. The first-order chi connectivity index (χ1) is 8.79. The Hall–Kier alpha value is -0.930. The second kappa shape index (κ2) is 6.86. The molecule has 1 heterocycles. The lowest BCUT2D eigenvalue weighted by atomic mass is 10.1. The summed E-state index contributed by atoms with van der Waals surface area (Å²) in [7, 11) is 0. The molecule has 1 aromatic rings. The van der Waals surface area contributed by atoms with Gasteiger partial charge in [0.1, 0.15) is 0 Å². The number of pyridine rings is 1. The summed E-state index contributed by atoms with van der Waals surface area (Å²) in [6, 6.07) is 6.55. The molecule has 2 atom stereocenters. The topological polar surface area (TPSA) is 45.1 Å². The van der Waals surface area contributed by atoms with E-state index >= 15 is 0 Å². The average Bonchev–Trinajstić information content (AvgIpc) is 3.20. The van der Waals surface area contributed by atoms with Gasteiger partial charge in [-0.05, 0) is 37.3 Å². The molecule has 1 saturated carbocycles. The van der Waals surface area contributed by atoms with E-state index in [0.29, 0.717) is 12.6 Å². The van der Waals surface area contributed by atoms with Crippen LogP contribution in [0.2, 0.25) is 0 Å². The van der Waals surface area contributed by atoms with E-state index in [9.17, 15) is 5.11 Å². The van der Waals surface area contributed by atoms with Gasteiger partial charge in [-0.3, -0.25) is 4.98 Å². The largest absolute Gasteiger partial charge is 0.392 e. The summed E-state index contributed by atoms with van der Waals surface area (Å²) in [5.41, 5.74) is 1.15. The average molecular weight is 248 g/mol.